The van der Waals surface area contributed by atoms with Crippen LogP contribution in [0.15, 0.2) is 30.3 Å². The van der Waals surface area contributed by atoms with Crippen LogP contribution in [0.2, 0.25) is 0 Å². The molecule has 0 aliphatic heterocycles. The van der Waals surface area contributed by atoms with Crippen molar-refractivity contribution in [1.82, 2.24) is 10.6 Å². The molecule has 3 rings (SSSR count). The first-order valence-corrected chi connectivity index (χ1v) is 11.1. The van der Waals surface area contributed by atoms with E-state index in [-0.39, 0.29) is 24.8 Å². The molecular formula is C24H32N4O4. The number of benzene rings is 2. The Hall–Kier alpha value is -2.78. The molecule has 0 aromatic heterocycles. The summed E-state index contributed by atoms with van der Waals surface area (Å²) in [6.45, 7) is 5.43. The maximum atomic E-state index is 13.6. The van der Waals surface area contributed by atoms with Gasteiger partial charge < -0.3 is 31.5 Å². The molecule has 1 aliphatic rings. The quantitative estimate of drug-likeness (QED) is 0.218. The molecule has 8 nitrogen and oxygen atoms in total. The molecule has 0 unspecified atom stereocenters. The molecule has 32 heavy (non-hydrogen) atoms. The van der Waals surface area contributed by atoms with Gasteiger partial charge in [0.25, 0.3) is 0 Å². The van der Waals surface area contributed by atoms with E-state index < -0.39 is 0 Å². The molecule has 0 heterocycles. The Morgan fingerprint density at radius 2 is 1.25 bits per heavy atom. The molecule has 0 amide bonds. The molecule has 0 atom stereocenters. The number of rotatable bonds is 13. The highest BCUT2D eigenvalue weighted by atomic mass is 16.3. The summed E-state index contributed by atoms with van der Waals surface area (Å²) in [5.74, 6) is -0.294. The number of aliphatic hydroxyl groups is 2. The molecule has 6 N–H and O–H groups in total. The smallest absolute Gasteiger partial charge is 0.196 e. The Balaban J connectivity index is 1.95. The zero-order valence-electron chi connectivity index (χ0n) is 18.5. The summed E-state index contributed by atoms with van der Waals surface area (Å²) < 4.78 is 0. The molecule has 8 heteroatoms. The summed E-state index contributed by atoms with van der Waals surface area (Å²) in [7, 11) is 0. The number of carbonyl (C=O) groups excluding carboxylic acids is 2. The van der Waals surface area contributed by atoms with Gasteiger partial charge in [0.2, 0.25) is 0 Å². The number of fused-ring (bicyclic) bond motifs is 2. The van der Waals surface area contributed by atoms with Gasteiger partial charge in [-0.2, -0.15) is 0 Å². The van der Waals surface area contributed by atoms with Crippen LogP contribution in [0, 0.1) is 0 Å². The molecule has 0 radical (unpaired) electrons. The highest BCUT2D eigenvalue weighted by Gasteiger charge is 2.35. The van der Waals surface area contributed by atoms with E-state index in [1.165, 1.54) is 0 Å². The predicted octanol–water partition coefficient (Wildman–Crippen LogP) is 1.01. The molecule has 0 fully saturated rings. The lowest BCUT2D eigenvalue weighted by molar-refractivity contribution is 0.0979. The minimum absolute atomic E-state index is 0.0620. The average Bonchev–Trinajstić information content (AvgIpc) is 2.81. The Kier molecular flexibility index (Phi) is 8.75. The summed E-state index contributed by atoms with van der Waals surface area (Å²) in [4.78, 5) is 27.2. The SMILES string of the molecule is CCc1cccc2c1C(=O)c1c(NCCNCCO)ccc(NCCNCCO)c1C2=O. The van der Waals surface area contributed by atoms with E-state index in [0.717, 1.165) is 5.56 Å². The number of aryl methyl sites for hydroxylation is 1. The predicted molar refractivity (Wildman–Crippen MR) is 126 cm³/mol. The lowest BCUT2D eigenvalue weighted by Crippen LogP contribution is -2.29. The summed E-state index contributed by atoms with van der Waals surface area (Å²) in [5, 5.41) is 30.5. The highest BCUT2D eigenvalue weighted by molar-refractivity contribution is 6.32. The van der Waals surface area contributed by atoms with Crippen molar-refractivity contribution in [3.05, 3.63) is 58.1 Å². The van der Waals surface area contributed by atoms with Crippen molar-refractivity contribution in [2.45, 2.75) is 13.3 Å². The largest absolute Gasteiger partial charge is 0.395 e. The Bertz CT molecular complexity index is 961. The van der Waals surface area contributed by atoms with Crippen LogP contribution in [-0.2, 0) is 6.42 Å². The fraction of sp³-hybridized carbons (Fsp3) is 0.417. The lowest BCUT2D eigenvalue weighted by Gasteiger charge is -2.25. The Morgan fingerprint density at radius 1 is 0.688 bits per heavy atom. The minimum Gasteiger partial charge on any atom is -0.395 e. The van der Waals surface area contributed by atoms with Crippen LogP contribution in [0.3, 0.4) is 0 Å². The number of ketones is 2. The Morgan fingerprint density at radius 3 is 1.78 bits per heavy atom. The molecule has 2 aromatic rings. The third-order valence-electron chi connectivity index (χ3n) is 5.47. The van der Waals surface area contributed by atoms with Crippen molar-refractivity contribution >= 4 is 22.9 Å². The van der Waals surface area contributed by atoms with Crippen LogP contribution in [0.25, 0.3) is 0 Å². The van der Waals surface area contributed by atoms with E-state index in [4.69, 9.17) is 10.2 Å². The van der Waals surface area contributed by atoms with Gasteiger partial charge in [-0.3, -0.25) is 9.59 Å². The first-order valence-electron chi connectivity index (χ1n) is 11.1. The first kappa shape index (κ1) is 23.9. The molecule has 2 aromatic carbocycles. The summed E-state index contributed by atoms with van der Waals surface area (Å²) in [6, 6.07) is 9.11. The van der Waals surface area contributed by atoms with Crippen LogP contribution < -0.4 is 21.3 Å². The number of nitrogens with one attached hydrogen (secondary N) is 4. The zero-order valence-corrected chi connectivity index (χ0v) is 18.5. The summed E-state index contributed by atoms with van der Waals surface area (Å²) in [6.07, 6.45) is 0.667. The van der Waals surface area contributed by atoms with Crippen LogP contribution >= 0.6 is 0 Å². The maximum Gasteiger partial charge on any atom is 0.196 e. The van der Waals surface area contributed by atoms with Crippen LogP contribution in [0.1, 0.15) is 44.3 Å². The molecule has 0 bridgehead atoms. The second-order valence-corrected chi connectivity index (χ2v) is 7.56. The van der Waals surface area contributed by atoms with Crippen LogP contribution in [0.4, 0.5) is 11.4 Å². The van der Waals surface area contributed by atoms with Crippen molar-refractivity contribution in [3.63, 3.8) is 0 Å². The van der Waals surface area contributed by atoms with Crippen LogP contribution in [0.5, 0.6) is 0 Å². The molecule has 172 valence electrons. The molecule has 0 saturated carbocycles. The number of hydrogen-bond donors (Lipinski definition) is 6. The zero-order chi connectivity index (χ0) is 22.9. The fourth-order valence-corrected chi connectivity index (χ4v) is 3.96. The van der Waals surface area contributed by atoms with E-state index in [2.05, 4.69) is 21.3 Å². The lowest BCUT2D eigenvalue weighted by atomic mass is 9.80. The average molecular weight is 441 g/mol. The van der Waals surface area contributed by atoms with E-state index in [1.807, 2.05) is 31.2 Å². The number of carbonyl (C=O) groups is 2. The number of anilines is 2. The van der Waals surface area contributed by atoms with Crippen molar-refractivity contribution in [2.75, 3.05) is 63.1 Å². The molecule has 0 spiro atoms. The van der Waals surface area contributed by atoms with Gasteiger partial charge >= 0.3 is 0 Å². The van der Waals surface area contributed by atoms with Crippen molar-refractivity contribution in [3.8, 4) is 0 Å². The molecular weight excluding hydrogens is 408 g/mol. The van der Waals surface area contributed by atoms with Gasteiger partial charge in [0.05, 0.1) is 24.3 Å². The molecule has 0 saturated heterocycles. The maximum absolute atomic E-state index is 13.6. The third kappa shape index (κ3) is 5.16. The highest BCUT2D eigenvalue weighted by Crippen LogP contribution is 2.37. The second kappa shape index (κ2) is 11.7. The monoisotopic (exact) mass is 440 g/mol. The van der Waals surface area contributed by atoms with Crippen molar-refractivity contribution in [2.24, 2.45) is 0 Å². The standard InChI is InChI=1S/C24H32N4O4/c1-2-16-4-3-5-17-20(16)24(32)22-19(28-11-9-26-13-15-30)7-6-18(21(22)23(17)31)27-10-8-25-12-14-29/h3-7,25-30H,2,8-15H2,1H3. The summed E-state index contributed by atoms with van der Waals surface area (Å²) in [5.41, 5.74) is 3.87. The van der Waals surface area contributed by atoms with Gasteiger partial charge in [-0.1, -0.05) is 25.1 Å². The normalized spacial score (nSPS) is 12.5. The fourth-order valence-electron chi connectivity index (χ4n) is 3.96. The van der Waals surface area contributed by atoms with E-state index in [1.54, 1.807) is 6.07 Å². The first-order chi connectivity index (χ1) is 15.6. The second-order valence-electron chi connectivity index (χ2n) is 7.56. The third-order valence-corrected chi connectivity index (χ3v) is 5.47. The van der Waals surface area contributed by atoms with E-state index in [0.29, 0.717) is 79.3 Å². The Labute approximate surface area is 188 Å². The number of aliphatic hydroxyl groups excluding tert-OH is 2. The van der Waals surface area contributed by atoms with Gasteiger partial charge in [-0.15, -0.1) is 0 Å². The van der Waals surface area contributed by atoms with Gasteiger partial charge in [0.15, 0.2) is 11.6 Å². The van der Waals surface area contributed by atoms with Gasteiger partial charge in [-0.25, -0.2) is 0 Å². The van der Waals surface area contributed by atoms with Crippen molar-refractivity contribution < 1.29 is 19.8 Å². The van der Waals surface area contributed by atoms with Crippen LogP contribution in [-0.4, -0.2) is 74.3 Å². The number of hydrogen-bond acceptors (Lipinski definition) is 8. The van der Waals surface area contributed by atoms with Gasteiger partial charge in [-0.05, 0) is 24.1 Å². The van der Waals surface area contributed by atoms with E-state index >= 15 is 0 Å². The van der Waals surface area contributed by atoms with Gasteiger partial charge in [0.1, 0.15) is 0 Å². The minimum atomic E-state index is -0.155. The van der Waals surface area contributed by atoms with Gasteiger partial charge in [0, 0.05) is 61.8 Å². The summed E-state index contributed by atoms with van der Waals surface area (Å²) >= 11 is 0. The molecule has 1 aliphatic carbocycles. The van der Waals surface area contributed by atoms with Crippen molar-refractivity contribution in [1.29, 1.82) is 0 Å². The topological polar surface area (TPSA) is 123 Å². The van der Waals surface area contributed by atoms with E-state index in [9.17, 15) is 9.59 Å².